The molecule has 0 spiro atoms. The van der Waals surface area contributed by atoms with E-state index in [1.54, 1.807) is 36.8 Å². The summed E-state index contributed by atoms with van der Waals surface area (Å²) in [4.78, 5) is 29.3. The molecule has 1 aliphatic heterocycles. The minimum Gasteiger partial charge on any atom is -0.383 e. The standard InChI is InChI=1S/C34H28N12.C2H6/c35-19-23-9-14-38-29(18-23)27-7-8-28-34(42-27)46(33(43-28)26-2-1-13-40-32(26)37)25-5-3-22(4-6-25)21-45-16-11-24(12-17-45)41-30-10-15-39-31(20-36)44-30;1-2/h1-10,13-15,18,24H,11-12,16-17,21H2,(H2,37,40)(H,39,41,44);1-2H3. The third-order valence-corrected chi connectivity index (χ3v) is 8.03. The first kappa shape index (κ1) is 31.7. The number of nitrogens with one attached hydrogen (secondary N) is 1. The van der Waals surface area contributed by atoms with Crippen LogP contribution in [0.2, 0.25) is 0 Å². The van der Waals surface area contributed by atoms with Gasteiger partial charge >= 0.3 is 0 Å². The molecule has 7 rings (SSSR count). The van der Waals surface area contributed by atoms with Crippen molar-refractivity contribution in [2.75, 3.05) is 24.1 Å². The molecule has 12 nitrogen and oxygen atoms in total. The number of rotatable bonds is 7. The highest BCUT2D eigenvalue weighted by atomic mass is 15.2. The molecule has 5 aromatic heterocycles. The van der Waals surface area contributed by atoms with E-state index in [0.29, 0.717) is 57.2 Å². The van der Waals surface area contributed by atoms with E-state index in [9.17, 15) is 5.26 Å². The first-order chi connectivity index (χ1) is 23.6. The van der Waals surface area contributed by atoms with E-state index < -0.39 is 0 Å². The SMILES string of the molecule is CC.N#Cc1ccnc(-c2ccc3nc(-c4cccnc4N)n(-c4ccc(CN5CCC(Nc6ccnc(C#N)n6)CC5)cc4)c3n2)c1. The summed E-state index contributed by atoms with van der Waals surface area (Å²) >= 11 is 0. The number of piperidine rings is 1. The minimum atomic E-state index is 0.171. The Kier molecular flexibility index (Phi) is 9.56. The fraction of sp³-hybridized carbons (Fsp3) is 0.222. The number of imidazole rings is 1. The zero-order valence-corrected chi connectivity index (χ0v) is 26.7. The van der Waals surface area contributed by atoms with Gasteiger partial charge in [0.1, 0.15) is 23.2 Å². The number of benzene rings is 1. The Hall–Kier alpha value is -6.24. The first-order valence-electron chi connectivity index (χ1n) is 15.9. The number of pyridine rings is 3. The van der Waals surface area contributed by atoms with Crippen molar-refractivity contribution in [1.82, 2.24) is 39.4 Å². The molecule has 0 unspecified atom stereocenters. The number of nitrogens with two attached hydrogens (primary N) is 1. The molecule has 3 N–H and O–H groups in total. The number of hydrogen-bond acceptors (Lipinski definition) is 11. The average Bonchev–Trinajstić information content (AvgIpc) is 3.52. The Morgan fingerprint density at radius 3 is 2.38 bits per heavy atom. The van der Waals surface area contributed by atoms with Gasteiger partial charge in [-0.1, -0.05) is 26.0 Å². The second-order valence-electron chi connectivity index (χ2n) is 11.0. The zero-order valence-electron chi connectivity index (χ0n) is 26.7. The summed E-state index contributed by atoms with van der Waals surface area (Å²) in [6, 6.07) is 25.6. The fourth-order valence-electron chi connectivity index (χ4n) is 5.72. The van der Waals surface area contributed by atoms with Crippen LogP contribution in [0.3, 0.4) is 0 Å². The molecule has 1 aromatic carbocycles. The third-order valence-electron chi connectivity index (χ3n) is 8.03. The molecule has 6 aromatic rings. The van der Waals surface area contributed by atoms with Gasteiger partial charge in [0.15, 0.2) is 11.5 Å². The maximum absolute atomic E-state index is 9.39. The molecule has 0 radical (unpaired) electrons. The van der Waals surface area contributed by atoms with Gasteiger partial charge in [0, 0.05) is 50.0 Å². The molecule has 1 fully saturated rings. The molecule has 0 atom stereocenters. The predicted molar refractivity (Wildman–Crippen MR) is 184 cm³/mol. The first-order valence-corrected chi connectivity index (χ1v) is 15.9. The summed E-state index contributed by atoms with van der Waals surface area (Å²) in [5, 5.41) is 21.9. The molecule has 0 bridgehead atoms. The Morgan fingerprint density at radius 1 is 0.833 bits per heavy atom. The Morgan fingerprint density at radius 2 is 1.62 bits per heavy atom. The highest BCUT2D eigenvalue weighted by molar-refractivity contribution is 5.84. The topological polar surface area (TPSA) is 171 Å². The smallest absolute Gasteiger partial charge is 0.234 e. The highest BCUT2D eigenvalue weighted by Gasteiger charge is 2.21. The van der Waals surface area contributed by atoms with E-state index in [2.05, 4.69) is 60.5 Å². The van der Waals surface area contributed by atoms with Crippen molar-refractivity contribution in [3.63, 3.8) is 0 Å². The van der Waals surface area contributed by atoms with Crippen LogP contribution in [0.1, 0.15) is 43.6 Å². The second kappa shape index (κ2) is 14.5. The van der Waals surface area contributed by atoms with Gasteiger partial charge in [-0.05, 0) is 73.0 Å². The monoisotopic (exact) mass is 634 g/mol. The van der Waals surface area contributed by atoms with E-state index in [1.165, 1.54) is 5.56 Å². The van der Waals surface area contributed by atoms with Crippen molar-refractivity contribution in [3.8, 4) is 40.6 Å². The van der Waals surface area contributed by atoms with Crippen LogP contribution in [0.25, 0.3) is 39.6 Å². The lowest BCUT2D eigenvalue weighted by molar-refractivity contribution is 0.211. The van der Waals surface area contributed by atoms with E-state index in [4.69, 9.17) is 21.0 Å². The van der Waals surface area contributed by atoms with E-state index >= 15 is 0 Å². The molecule has 0 aliphatic carbocycles. The van der Waals surface area contributed by atoms with E-state index in [1.807, 2.05) is 48.7 Å². The predicted octanol–water partition coefficient (Wildman–Crippen LogP) is 5.76. The van der Waals surface area contributed by atoms with Crippen LogP contribution >= 0.6 is 0 Å². The van der Waals surface area contributed by atoms with Gasteiger partial charge < -0.3 is 11.1 Å². The molecule has 1 aliphatic rings. The number of anilines is 2. The van der Waals surface area contributed by atoms with Crippen molar-refractivity contribution >= 4 is 22.8 Å². The average molecular weight is 635 g/mol. The number of nitrogens with zero attached hydrogens (tertiary/aromatic N) is 10. The lowest BCUT2D eigenvalue weighted by Crippen LogP contribution is -2.38. The van der Waals surface area contributed by atoms with Gasteiger partial charge in [0.25, 0.3) is 0 Å². The molecular weight excluding hydrogens is 600 g/mol. The maximum atomic E-state index is 9.39. The van der Waals surface area contributed by atoms with Crippen LogP contribution in [0, 0.1) is 22.7 Å². The van der Waals surface area contributed by atoms with E-state index in [-0.39, 0.29) is 5.82 Å². The quantitative estimate of drug-likeness (QED) is 0.219. The summed E-state index contributed by atoms with van der Waals surface area (Å²) in [6.07, 6.45) is 6.82. The summed E-state index contributed by atoms with van der Waals surface area (Å²) < 4.78 is 1.99. The summed E-state index contributed by atoms with van der Waals surface area (Å²) in [5.74, 6) is 1.87. The lowest BCUT2D eigenvalue weighted by atomic mass is 10.0. The number of nitriles is 2. The molecule has 238 valence electrons. The summed E-state index contributed by atoms with van der Waals surface area (Å²) in [7, 11) is 0. The van der Waals surface area contributed by atoms with Gasteiger partial charge in [-0.25, -0.2) is 24.9 Å². The number of hydrogen-bond donors (Lipinski definition) is 2. The molecule has 0 saturated carbocycles. The number of likely N-dealkylation sites (tertiary alicyclic amines) is 1. The highest BCUT2D eigenvalue weighted by Crippen LogP contribution is 2.32. The van der Waals surface area contributed by atoms with Crippen molar-refractivity contribution in [2.24, 2.45) is 0 Å². The van der Waals surface area contributed by atoms with Crippen LogP contribution in [0.4, 0.5) is 11.6 Å². The van der Waals surface area contributed by atoms with E-state index in [0.717, 1.165) is 38.2 Å². The van der Waals surface area contributed by atoms with Gasteiger partial charge in [-0.3, -0.25) is 14.5 Å². The van der Waals surface area contributed by atoms with Crippen LogP contribution < -0.4 is 11.1 Å². The maximum Gasteiger partial charge on any atom is 0.234 e. The van der Waals surface area contributed by atoms with Crippen molar-refractivity contribution in [3.05, 3.63) is 102 Å². The van der Waals surface area contributed by atoms with Gasteiger partial charge in [-0.2, -0.15) is 10.5 Å². The normalized spacial score (nSPS) is 13.2. The van der Waals surface area contributed by atoms with Crippen molar-refractivity contribution in [1.29, 1.82) is 10.5 Å². The Balaban J connectivity index is 0.00000197. The Labute approximate surface area is 278 Å². The van der Waals surface area contributed by atoms with Gasteiger partial charge in [0.05, 0.1) is 28.6 Å². The molecular formula is C36H34N12. The summed E-state index contributed by atoms with van der Waals surface area (Å²) in [6.45, 7) is 6.72. The molecule has 6 heterocycles. The van der Waals surface area contributed by atoms with Crippen molar-refractivity contribution < 1.29 is 0 Å². The van der Waals surface area contributed by atoms with Gasteiger partial charge in [-0.15, -0.1) is 0 Å². The second-order valence-corrected chi connectivity index (χ2v) is 11.0. The Bertz CT molecular complexity index is 2120. The van der Waals surface area contributed by atoms with Gasteiger partial charge in [0.2, 0.25) is 5.82 Å². The molecule has 48 heavy (non-hydrogen) atoms. The number of fused-ring (bicyclic) bond motifs is 1. The van der Waals surface area contributed by atoms with Crippen molar-refractivity contribution in [2.45, 2.75) is 39.3 Å². The largest absolute Gasteiger partial charge is 0.383 e. The number of nitrogen functional groups attached to an aromatic ring is 1. The molecule has 12 heteroatoms. The fourth-order valence-corrected chi connectivity index (χ4v) is 5.72. The summed E-state index contributed by atoms with van der Waals surface area (Å²) in [5.41, 5.74) is 12.2. The van der Waals surface area contributed by atoms with Crippen LogP contribution in [-0.4, -0.2) is 58.5 Å². The molecule has 0 amide bonds. The lowest BCUT2D eigenvalue weighted by Gasteiger charge is -2.32. The van der Waals surface area contributed by atoms with Crippen LogP contribution in [0.5, 0.6) is 0 Å². The third kappa shape index (κ3) is 6.79. The molecule has 1 saturated heterocycles. The number of aromatic nitrogens is 7. The minimum absolute atomic E-state index is 0.171. The zero-order chi connectivity index (χ0) is 33.5. The van der Waals surface area contributed by atoms with Crippen LogP contribution in [-0.2, 0) is 6.54 Å². The van der Waals surface area contributed by atoms with Crippen LogP contribution in [0.15, 0.2) is 85.3 Å².